The highest BCUT2D eigenvalue weighted by Gasteiger charge is 2.27. The van der Waals surface area contributed by atoms with Crippen LogP contribution in [0.15, 0.2) is 65.5 Å². The van der Waals surface area contributed by atoms with Gasteiger partial charge in [-0.2, -0.15) is 0 Å². The molecule has 1 aromatic heterocycles. The van der Waals surface area contributed by atoms with Crippen molar-refractivity contribution in [1.29, 1.82) is 0 Å². The lowest BCUT2D eigenvalue weighted by atomic mass is 10.0. The van der Waals surface area contributed by atoms with Gasteiger partial charge < -0.3 is 5.11 Å². The van der Waals surface area contributed by atoms with Crippen molar-refractivity contribution in [1.82, 2.24) is 9.55 Å². The standard InChI is InChI=1S/C19H14Cl2N2O3/c20-16-15(13-9-5-2-6-10-13)23(18(24)17(21)22-16)14(19(25)26)11-12-7-3-1-4-8-12/h1-10,14H,11H2,(H,25,26). The number of aromatic nitrogens is 2. The Morgan fingerprint density at radius 1 is 1.00 bits per heavy atom. The number of nitrogens with zero attached hydrogens (tertiary/aromatic N) is 2. The van der Waals surface area contributed by atoms with Crippen LogP contribution < -0.4 is 5.56 Å². The van der Waals surface area contributed by atoms with Crippen molar-refractivity contribution in [3.63, 3.8) is 0 Å². The Balaban J connectivity index is 2.24. The van der Waals surface area contributed by atoms with E-state index in [1.165, 1.54) is 0 Å². The smallest absolute Gasteiger partial charge is 0.327 e. The molecule has 0 fully saturated rings. The summed E-state index contributed by atoms with van der Waals surface area (Å²) in [5.74, 6) is -1.16. The van der Waals surface area contributed by atoms with E-state index in [-0.39, 0.29) is 22.4 Å². The predicted octanol–water partition coefficient (Wildman–Crippen LogP) is 4.09. The second-order valence-electron chi connectivity index (χ2n) is 5.63. The van der Waals surface area contributed by atoms with Gasteiger partial charge in [-0.05, 0) is 5.56 Å². The predicted molar refractivity (Wildman–Crippen MR) is 101 cm³/mol. The fourth-order valence-electron chi connectivity index (χ4n) is 2.77. The van der Waals surface area contributed by atoms with E-state index in [4.69, 9.17) is 23.2 Å². The third-order valence-corrected chi connectivity index (χ3v) is 4.45. The Labute approximate surface area is 159 Å². The van der Waals surface area contributed by atoms with E-state index >= 15 is 0 Å². The SMILES string of the molecule is O=C(O)C(Cc1ccccc1)n1c(-c2ccccc2)c(Cl)nc(Cl)c1=O. The first-order valence-electron chi connectivity index (χ1n) is 7.78. The molecule has 0 aliphatic rings. The van der Waals surface area contributed by atoms with Crippen LogP contribution in [0.5, 0.6) is 0 Å². The van der Waals surface area contributed by atoms with Crippen molar-refractivity contribution in [2.45, 2.75) is 12.5 Å². The van der Waals surface area contributed by atoms with Gasteiger partial charge in [0.2, 0.25) is 0 Å². The fourth-order valence-corrected chi connectivity index (χ4v) is 3.27. The second-order valence-corrected chi connectivity index (χ2v) is 6.34. The minimum atomic E-state index is -1.18. The van der Waals surface area contributed by atoms with E-state index in [1.54, 1.807) is 36.4 Å². The zero-order chi connectivity index (χ0) is 18.7. The van der Waals surface area contributed by atoms with Gasteiger partial charge in [0.1, 0.15) is 6.04 Å². The highest BCUT2D eigenvalue weighted by molar-refractivity contribution is 6.33. The Morgan fingerprint density at radius 3 is 2.15 bits per heavy atom. The first-order valence-corrected chi connectivity index (χ1v) is 8.54. The van der Waals surface area contributed by atoms with E-state index in [0.29, 0.717) is 5.56 Å². The monoisotopic (exact) mass is 388 g/mol. The van der Waals surface area contributed by atoms with Gasteiger partial charge in [0.25, 0.3) is 5.56 Å². The van der Waals surface area contributed by atoms with E-state index < -0.39 is 17.6 Å². The van der Waals surface area contributed by atoms with Crippen LogP contribution in [0.4, 0.5) is 0 Å². The van der Waals surface area contributed by atoms with Gasteiger partial charge in [-0.25, -0.2) is 9.78 Å². The summed E-state index contributed by atoms with van der Waals surface area (Å²) in [6.07, 6.45) is 0.104. The molecule has 3 aromatic rings. The first kappa shape index (κ1) is 18.2. The second kappa shape index (κ2) is 7.72. The number of hydrogen-bond donors (Lipinski definition) is 1. The molecule has 26 heavy (non-hydrogen) atoms. The zero-order valence-corrected chi connectivity index (χ0v) is 15.0. The minimum absolute atomic E-state index is 0.0277. The van der Waals surface area contributed by atoms with Gasteiger partial charge >= 0.3 is 5.97 Å². The molecule has 7 heteroatoms. The fraction of sp³-hybridized carbons (Fsp3) is 0.105. The zero-order valence-electron chi connectivity index (χ0n) is 13.5. The number of aliphatic carboxylic acids is 1. The molecule has 0 amide bonds. The topological polar surface area (TPSA) is 72.2 Å². The van der Waals surface area contributed by atoms with E-state index in [0.717, 1.165) is 10.1 Å². The van der Waals surface area contributed by atoms with Gasteiger partial charge in [0, 0.05) is 12.0 Å². The van der Waals surface area contributed by atoms with Crippen molar-refractivity contribution in [2.24, 2.45) is 0 Å². The van der Waals surface area contributed by atoms with Gasteiger partial charge in [-0.3, -0.25) is 9.36 Å². The molecule has 1 unspecified atom stereocenters. The molecule has 0 saturated heterocycles. The van der Waals surface area contributed by atoms with Crippen LogP contribution in [0.1, 0.15) is 11.6 Å². The van der Waals surface area contributed by atoms with E-state index in [9.17, 15) is 14.7 Å². The summed E-state index contributed by atoms with van der Waals surface area (Å²) in [6, 6.07) is 16.7. The average molecular weight is 389 g/mol. The maximum Gasteiger partial charge on any atom is 0.327 e. The Kier molecular flexibility index (Phi) is 5.40. The molecule has 132 valence electrons. The molecule has 0 bridgehead atoms. The number of benzene rings is 2. The molecule has 0 aliphatic heterocycles. The van der Waals surface area contributed by atoms with E-state index in [2.05, 4.69) is 4.98 Å². The normalized spacial score (nSPS) is 11.9. The maximum atomic E-state index is 12.7. The summed E-state index contributed by atoms with van der Waals surface area (Å²) in [4.78, 5) is 28.6. The summed E-state index contributed by atoms with van der Waals surface area (Å²) in [5, 5.41) is 9.40. The Bertz CT molecular complexity index is 989. The molecular formula is C19H14Cl2N2O3. The summed E-state index contributed by atoms with van der Waals surface area (Å²) >= 11 is 12.2. The van der Waals surface area contributed by atoms with Crippen LogP contribution in [0, 0.1) is 0 Å². The number of rotatable bonds is 5. The molecule has 3 rings (SSSR count). The molecule has 5 nitrogen and oxygen atoms in total. The number of carboxylic acid groups (broad SMARTS) is 1. The number of hydrogen-bond acceptors (Lipinski definition) is 3. The Hall–Kier alpha value is -2.63. The highest BCUT2D eigenvalue weighted by Crippen LogP contribution is 2.29. The van der Waals surface area contributed by atoms with Gasteiger partial charge in [-0.15, -0.1) is 0 Å². The van der Waals surface area contributed by atoms with Crippen LogP contribution in [-0.4, -0.2) is 20.6 Å². The number of halogens is 2. The van der Waals surface area contributed by atoms with Gasteiger partial charge in [0.15, 0.2) is 10.3 Å². The molecule has 0 aliphatic carbocycles. The van der Waals surface area contributed by atoms with Gasteiger partial charge in [-0.1, -0.05) is 83.9 Å². The average Bonchev–Trinajstić information content (AvgIpc) is 2.64. The highest BCUT2D eigenvalue weighted by atomic mass is 35.5. The van der Waals surface area contributed by atoms with Gasteiger partial charge in [0.05, 0.1) is 5.69 Å². The lowest BCUT2D eigenvalue weighted by Crippen LogP contribution is -2.33. The van der Waals surface area contributed by atoms with E-state index in [1.807, 2.05) is 24.3 Å². The van der Waals surface area contributed by atoms with Crippen molar-refractivity contribution in [2.75, 3.05) is 0 Å². The molecule has 0 radical (unpaired) electrons. The molecule has 1 heterocycles. The van der Waals surface area contributed by atoms with Crippen LogP contribution in [0.3, 0.4) is 0 Å². The molecule has 1 N–H and O–H groups in total. The molecular weight excluding hydrogens is 375 g/mol. The first-order chi connectivity index (χ1) is 12.5. The summed E-state index contributed by atoms with van der Waals surface area (Å²) < 4.78 is 1.11. The molecule has 0 saturated carbocycles. The molecule has 0 spiro atoms. The van der Waals surface area contributed by atoms with Crippen LogP contribution in [0.25, 0.3) is 11.3 Å². The third-order valence-electron chi connectivity index (χ3n) is 3.94. The number of carbonyl (C=O) groups is 1. The Morgan fingerprint density at radius 2 is 1.58 bits per heavy atom. The lowest BCUT2D eigenvalue weighted by molar-refractivity contribution is -0.140. The number of carboxylic acids is 1. The minimum Gasteiger partial charge on any atom is -0.480 e. The quantitative estimate of drug-likeness (QED) is 0.714. The third kappa shape index (κ3) is 3.64. The van der Waals surface area contributed by atoms with Crippen molar-refractivity contribution >= 4 is 29.2 Å². The lowest BCUT2D eigenvalue weighted by Gasteiger charge is -2.21. The molecule has 2 aromatic carbocycles. The van der Waals surface area contributed by atoms with Crippen molar-refractivity contribution < 1.29 is 9.90 Å². The van der Waals surface area contributed by atoms with Crippen LogP contribution in [-0.2, 0) is 11.2 Å². The largest absolute Gasteiger partial charge is 0.480 e. The summed E-state index contributed by atoms with van der Waals surface area (Å²) in [5.41, 5.74) is 0.885. The van der Waals surface area contributed by atoms with Crippen molar-refractivity contribution in [3.05, 3.63) is 86.9 Å². The maximum absolute atomic E-state index is 12.7. The summed E-state index contributed by atoms with van der Waals surface area (Å²) in [7, 11) is 0. The van der Waals surface area contributed by atoms with Crippen LogP contribution >= 0.6 is 23.2 Å². The van der Waals surface area contributed by atoms with Crippen molar-refractivity contribution in [3.8, 4) is 11.3 Å². The molecule has 1 atom stereocenters. The van der Waals surface area contributed by atoms with Crippen LogP contribution in [0.2, 0.25) is 10.3 Å². The summed E-state index contributed by atoms with van der Waals surface area (Å²) in [6.45, 7) is 0.